The fraction of sp³-hybridized carbons (Fsp3) is 0.300. The maximum absolute atomic E-state index is 9.06. The zero-order chi connectivity index (χ0) is 17.5. The van der Waals surface area contributed by atoms with E-state index in [1.54, 1.807) is 11.8 Å². The Morgan fingerprint density at radius 2 is 2.16 bits per heavy atom. The van der Waals surface area contributed by atoms with Crippen molar-refractivity contribution in [2.75, 3.05) is 12.8 Å². The van der Waals surface area contributed by atoms with Gasteiger partial charge < -0.3 is 10.3 Å². The fourth-order valence-electron chi connectivity index (χ4n) is 2.99. The van der Waals surface area contributed by atoms with Crippen molar-refractivity contribution < 1.29 is 0 Å². The van der Waals surface area contributed by atoms with E-state index in [0.717, 1.165) is 48.5 Å². The first-order chi connectivity index (χ1) is 12.3. The van der Waals surface area contributed by atoms with Crippen LogP contribution in [0.5, 0.6) is 0 Å². The topological polar surface area (TPSA) is 64.5 Å². The van der Waals surface area contributed by atoms with Gasteiger partial charge in [0.05, 0.1) is 11.6 Å². The first-order valence-electron chi connectivity index (χ1n) is 8.50. The number of rotatable bonds is 8. The van der Waals surface area contributed by atoms with Crippen LogP contribution in [0, 0.1) is 11.3 Å². The number of unbranched alkanes of at least 4 members (excludes halogenated alkanes) is 1. The second-order valence-corrected chi connectivity index (χ2v) is 6.79. The molecule has 0 saturated heterocycles. The SMILES string of the molecule is CSc1ncccc1CNCCCCc1c[nH]c2ccc(C#N)cc12. The summed E-state index contributed by atoms with van der Waals surface area (Å²) in [5.74, 6) is 0. The highest BCUT2D eigenvalue weighted by atomic mass is 32.2. The molecule has 0 aliphatic rings. The molecule has 0 unspecified atom stereocenters. The second-order valence-electron chi connectivity index (χ2n) is 5.99. The highest BCUT2D eigenvalue weighted by molar-refractivity contribution is 7.98. The molecular formula is C20H22N4S. The summed E-state index contributed by atoms with van der Waals surface area (Å²) in [6.45, 7) is 1.86. The van der Waals surface area contributed by atoms with Crippen LogP contribution in [0.1, 0.15) is 29.5 Å². The van der Waals surface area contributed by atoms with E-state index in [2.05, 4.69) is 39.9 Å². The normalized spacial score (nSPS) is 10.9. The Balaban J connectivity index is 1.45. The predicted octanol–water partition coefficient (Wildman–Crippen LogP) is 4.27. The molecule has 2 aromatic heterocycles. The molecule has 0 aliphatic heterocycles. The third-order valence-corrected chi connectivity index (χ3v) is 5.06. The molecular weight excluding hydrogens is 328 g/mol. The lowest BCUT2D eigenvalue weighted by Crippen LogP contribution is -2.15. The van der Waals surface area contributed by atoms with Crippen molar-refractivity contribution in [2.24, 2.45) is 0 Å². The number of pyridine rings is 1. The second kappa shape index (κ2) is 8.70. The number of nitrogens with zero attached hydrogens (tertiary/aromatic N) is 2. The van der Waals surface area contributed by atoms with Crippen LogP contribution >= 0.6 is 11.8 Å². The molecule has 0 fully saturated rings. The molecule has 1 aromatic carbocycles. The average molecular weight is 350 g/mol. The summed E-state index contributed by atoms with van der Waals surface area (Å²) in [5.41, 5.74) is 4.38. The molecule has 0 saturated carbocycles. The number of aromatic nitrogens is 2. The van der Waals surface area contributed by atoms with Crippen LogP contribution in [-0.2, 0) is 13.0 Å². The summed E-state index contributed by atoms with van der Waals surface area (Å²) in [7, 11) is 0. The molecule has 5 heteroatoms. The molecule has 2 N–H and O–H groups in total. The van der Waals surface area contributed by atoms with Gasteiger partial charge in [-0.1, -0.05) is 6.07 Å². The van der Waals surface area contributed by atoms with Gasteiger partial charge in [0.2, 0.25) is 0 Å². The van der Waals surface area contributed by atoms with E-state index in [4.69, 9.17) is 5.26 Å². The Hall–Kier alpha value is -2.29. The molecule has 3 rings (SSSR count). The lowest BCUT2D eigenvalue weighted by molar-refractivity contribution is 0.617. The van der Waals surface area contributed by atoms with E-state index in [0.29, 0.717) is 0 Å². The van der Waals surface area contributed by atoms with Crippen LogP contribution in [0.2, 0.25) is 0 Å². The van der Waals surface area contributed by atoms with Crippen LogP contribution in [0.3, 0.4) is 0 Å². The van der Waals surface area contributed by atoms with Gasteiger partial charge in [-0.2, -0.15) is 5.26 Å². The van der Waals surface area contributed by atoms with Gasteiger partial charge in [-0.3, -0.25) is 0 Å². The van der Waals surface area contributed by atoms with Crippen molar-refractivity contribution in [2.45, 2.75) is 30.8 Å². The van der Waals surface area contributed by atoms with E-state index in [-0.39, 0.29) is 0 Å². The first kappa shape index (κ1) is 17.5. The van der Waals surface area contributed by atoms with Crippen molar-refractivity contribution >= 4 is 22.7 Å². The first-order valence-corrected chi connectivity index (χ1v) is 9.73. The fourth-order valence-corrected chi connectivity index (χ4v) is 3.55. The highest BCUT2D eigenvalue weighted by Crippen LogP contribution is 2.21. The molecule has 0 spiro atoms. The monoisotopic (exact) mass is 350 g/mol. The summed E-state index contributed by atoms with van der Waals surface area (Å²) in [4.78, 5) is 7.68. The minimum atomic E-state index is 0.719. The zero-order valence-electron chi connectivity index (χ0n) is 14.4. The Bertz CT molecular complexity index is 879. The van der Waals surface area contributed by atoms with E-state index in [1.807, 2.05) is 30.5 Å². The van der Waals surface area contributed by atoms with Gasteiger partial charge >= 0.3 is 0 Å². The number of nitrogens with one attached hydrogen (secondary N) is 2. The third-order valence-electron chi connectivity index (χ3n) is 4.30. The maximum atomic E-state index is 9.06. The molecule has 3 aromatic rings. The van der Waals surface area contributed by atoms with Crippen LogP contribution in [0.25, 0.3) is 10.9 Å². The highest BCUT2D eigenvalue weighted by Gasteiger charge is 2.05. The van der Waals surface area contributed by atoms with Gasteiger partial charge in [-0.05, 0) is 67.5 Å². The third kappa shape index (κ3) is 4.41. The van der Waals surface area contributed by atoms with E-state index >= 15 is 0 Å². The van der Waals surface area contributed by atoms with E-state index in [9.17, 15) is 0 Å². The Kier molecular flexibility index (Phi) is 6.10. The average Bonchev–Trinajstić information content (AvgIpc) is 3.07. The minimum absolute atomic E-state index is 0.719. The Morgan fingerprint density at radius 1 is 1.24 bits per heavy atom. The lowest BCUT2D eigenvalue weighted by atomic mass is 10.1. The molecule has 0 amide bonds. The number of aromatic amines is 1. The summed E-state index contributed by atoms with van der Waals surface area (Å²) in [6.07, 6.45) is 9.25. The quantitative estimate of drug-likeness (QED) is 0.470. The molecule has 0 aliphatic carbocycles. The van der Waals surface area contributed by atoms with Gasteiger partial charge in [0.1, 0.15) is 5.03 Å². The molecule has 0 atom stereocenters. The van der Waals surface area contributed by atoms with E-state index in [1.165, 1.54) is 16.5 Å². The number of aryl methyl sites for hydroxylation is 1. The van der Waals surface area contributed by atoms with Crippen molar-refractivity contribution in [1.82, 2.24) is 15.3 Å². The molecule has 0 radical (unpaired) electrons. The van der Waals surface area contributed by atoms with Gasteiger partial charge in [-0.15, -0.1) is 11.8 Å². The number of benzene rings is 1. The van der Waals surface area contributed by atoms with Crippen LogP contribution < -0.4 is 5.32 Å². The maximum Gasteiger partial charge on any atom is 0.100 e. The van der Waals surface area contributed by atoms with Crippen molar-refractivity contribution in [3.8, 4) is 6.07 Å². The molecule has 0 bridgehead atoms. The molecule has 4 nitrogen and oxygen atoms in total. The van der Waals surface area contributed by atoms with Gasteiger partial charge in [0.25, 0.3) is 0 Å². The summed E-state index contributed by atoms with van der Waals surface area (Å²) < 4.78 is 0. The number of fused-ring (bicyclic) bond motifs is 1. The van der Waals surface area contributed by atoms with Gasteiger partial charge in [-0.25, -0.2) is 4.98 Å². The molecule has 128 valence electrons. The summed E-state index contributed by atoms with van der Waals surface area (Å²) in [5, 5.41) is 14.8. The predicted molar refractivity (Wildman–Crippen MR) is 104 cm³/mol. The molecule has 2 heterocycles. The van der Waals surface area contributed by atoms with Crippen LogP contribution in [0.15, 0.2) is 47.8 Å². The Labute approximate surface area is 152 Å². The number of nitriles is 1. The summed E-state index contributed by atoms with van der Waals surface area (Å²) >= 11 is 1.69. The minimum Gasteiger partial charge on any atom is -0.361 e. The lowest BCUT2D eigenvalue weighted by Gasteiger charge is -2.07. The standard InChI is InChI=1S/C20H22N4S/c1-25-20-17(6-4-10-23-20)13-22-9-3-2-5-16-14-24-19-8-7-15(12-21)11-18(16)19/h4,6-8,10-11,14,22,24H,2-3,5,9,13H2,1H3. The van der Waals surface area contributed by atoms with Crippen molar-refractivity contribution in [1.29, 1.82) is 5.26 Å². The van der Waals surface area contributed by atoms with Gasteiger partial charge in [0, 0.05) is 29.8 Å². The number of thioether (sulfide) groups is 1. The van der Waals surface area contributed by atoms with Crippen molar-refractivity contribution in [3.05, 3.63) is 59.4 Å². The largest absolute Gasteiger partial charge is 0.361 e. The number of hydrogen-bond acceptors (Lipinski definition) is 4. The van der Waals surface area contributed by atoms with Crippen LogP contribution in [-0.4, -0.2) is 22.8 Å². The van der Waals surface area contributed by atoms with Crippen LogP contribution in [0.4, 0.5) is 0 Å². The zero-order valence-corrected chi connectivity index (χ0v) is 15.2. The molecule has 25 heavy (non-hydrogen) atoms. The van der Waals surface area contributed by atoms with Crippen molar-refractivity contribution in [3.63, 3.8) is 0 Å². The number of H-pyrrole nitrogens is 1. The summed E-state index contributed by atoms with van der Waals surface area (Å²) in [6, 6.07) is 12.1. The van der Waals surface area contributed by atoms with E-state index < -0.39 is 0 Å². The smallest absolute Gasteiger partial charge is 0.100 e. The number of hydrogen-bond donors (Lipinski definition) is 2. The van der Waals surface area contributed by atoms with Gasteiger partial charge in [0.15, 0.2) is 0 Å². The Morgan fingerprint density at radius 3 is 3.00 bits per heavy atom.